The van der Waals surface area contributed by atoms with Gasteiger partial charge >= 0.3 is 0 Å². The molecule has 0 aromatic heterocycles. The maximum atomic E-state index is 6.93. The summed E-state index contributed by atoms with van der Waals surface area (Å²) in [6, 6.07) is 0. The Morgan fingerprint density at radius 2 is 0.651 bits per heavy atom. The van der Waals surface area contributed by atoms with Crippen LogP contribution in [-0.2, 0) is 40.8 Å². The topological polar surface area (TPSA) is 83.1 Å². The van der Waals surface area contributed by atoms with Gasteiger partial charge in [0.15, 0.2) is 62.5 Å². The van der Waals surface area contributed by atoms with Gasteiger partial charge in [-0.15, -0.1) is 0 Å². The molecule has 0 N–H and O–H groups in total. The Hall–Kier alpha value is 0.941. The molecule has 1 unspecified atom stereocenters. The maximum absolute atomic E-state index is 6.93. The molecule has 0 aromatic rings. The van der Waals surface area contributed by atoms with E-state index in [0.717, 1.165) is 0 Å². The van der Waals surface area contributed by atoms with Crippen LogP contribution in [0.2, 0.25) is 118 Å². The summed E-state index contributed by atoms with van der Waals surface area (Å²) in [6.07, 6.45) is -3.40. The lowest BCUT2D eigenvalue weighted by molar-refractivity contribution is -0.312. The smallest absolute Gasteiger partial charge is 0.187 e. The molecule has 2 heterocycles. The first kappa shape index (κ1) is 40.1. The lowest BCUT2D eigenvalue weighted by Gasteiger charge is -2.51. The molecule has 2 saturated heterocycles. The average molecular weight is 715 g/mol. The minimum Gasteiger partial charge on any atom is -0.410 e. The molecule has 9 nitrogen and oxygen atoms in total. The zero-order valence-electron chi connectivity index (χ0n) is 30.7. The van der Waals surface area contributed by atoms with Crippen LogP contribution >= 0.6 is 0 Å². The van der Waals surface area contributed by atoms with Gasteiger partial charge in [-0.25, -0.2) is 0 Å². The monoisotopic (exact) mass is 714 g/mol. The van der Waals surface area contributed by atoms with Crippen molar-refractivity contribution in [1.29, 1.82) is 0 Å². The first-order chi connectivity index (χ1) is 19.0. The van der Waals surface area contributed by atoms with Crippen LogP contribution in [-0.4, -0.2) is 112 Å². The number of ether oxygens (including phenoxy) is 3. The highest BCUT2D eigenvalue weighted by Gasteiger charge is 2.52. The highest BCUT2D eigenvalue weighted by atomic mass is 28.4. The molecule has 0 bridgehead atoms. The van der Waals surface area contributed by atoms with Crippen LogP contribution < -0.4 is 0 Å². The van der Waals surface area contributed by atoms with Crippen molar-refractivity contribution in [1.82, 2.24) is 0 Å². The quantitative estimate of drug-likeness (QED) is 0.176. The van der Waals surface area contributed by atoms with Crippen molar-refractivity contribution in [2.24, 2.45) is 0 Å². The molecule has 256 valence electrons. The largest absolute Gasteiger partial charge is 0.410 e. The second-order valence-corrected chi connectivity index (χ2v) is 44.6. The van der Waals surface area contributed by atoms with Gasteiger partial charge in [0, 0.05) is 0 Å². The predicted octanol–water partition coefficient (Wildman–Crippen LogP) is 7.04. The van der Waals surface area contributed by atoms with E-state index >= 15 is 0 Å². The van der Waals surface area contributed by atoms with E-state index in [9.17, 15) is 0 Å². The minimum atomic E-state index is -2.05. The molecule has 0 radical (unpaired) electrons. The fourth-order valence-electron chi connectivity index (χ4n) is 5.07. The number of hydrogen-bond donors (Lipinski definition) is 0. The van der Waals surface area contributed by atoms with Gasteiger partial charge in [0.25, 0.3) is 0 Å². The molecule has 0 spiro atoms. The van der Waals surface area contributed by atoms with Crippen LogP contribution in [0.3, 0.4) is 0 Å². The summed E-state index contributed by atoms with van der Waals surface area (Å²) in [5, 5.41) is 0. The fraction of sp³-hybridized carbons (Fsp3) is 1.00. The SMILES string of the molecule is C[Si](C)(C)O[C@@H]1OCC(O[C@@H]2OC[C@@H](O[Si](C)(C)C)[C@H](O[Si](C)(C)C)[C@H]2O[Si](C)(C)C)[C@H](O[Si](C)(C)C)[C@H]1O[Si](C)(C)C. The Bertz CT molecular complexity index is 801. The Morgan fingerprint density at radius 3 is 1.05 bits per heavy atom. The van der Waals surface area contributed by atoms with Gasteiger partial charge in [-0.1, -0.05) is 0 Å². The first-order valence-electron chi connectivity index (χ1n) is 16.0. The molecule has 2 fully saturated rings. The zero-order valence-corrected chi connectivity index (χ0v) is 36.7. The van der Waals surface area contributed by atoms with Crippen LogP contribution in [0.5, 0.6) is 0 Å². The van der Waals surface area contributed by atoms with E-state index in [1.54, 1.807) is 0 Å². The van der Waals surface area contributed by atoms with E-state index in [0.29, 0.717) is 13.2 Å². The van der Waals surface area contributed by atoms with Crippen LogP contribution in [0.1, 0.15) is 0 Å². The van der Waals surface area contributed by atoms with E-state index in [-0.39, 0.29) is 18.3 Å². The average Bonchev–Trinajstić information content (AvgIpc) is 2.70. The van der Waals surface area contributed by atoms with E-state index in [4.69, 9.17) is 40.8 Å². The summed E-state index contributed by atoms with van der Waals surface area (Å²) >= 11 is 0. The van der Waals surface area contributed by atoms with Gasteiger partial charge in [0.1, 0.15) is 30.5 Å². The molecule has 2 aliphatic rings. The molecule has 0 aromatic carbocycles. The van der Waals surface area contributed by atoms with Gasteiger partial charge in [0.05, 0.1) is 19.3 Å². The molecule has 43 heavy (non-hydrogen) atoms. The summed E-state index contributed by atoms with van der Waals surface area (Å²) in [4.78, 5) is 0. The Kier molecular flexibility index (Phi) is 13.6. The van der Waals surface area contributed by atoms with E-state index < -0.39 is 80.8 Å². The van der Waals surface area contributed by atoms with E-state index in [1.165, 1.54) is 0 Å². The molecular formula is C28H66O9Si6. The summed E-state index contributed by atoms with van der Waals surface area (Å²) < 4.78 is 60.5. The Labute approximate surface area is 270 Å². The number of hydrogen-bond acceptors (Lipinski definition) is 9. The third-order valence-electron chi connectivity index (χ3n) is 6.01. The van der Waals surface area contributed by atoms with E-state index in [2.05, 4.69) is 118 Å². The normalized spacial score (nSPS) is 32.2. The predicted molar refractivity (Wildman–Crippen MR) is 190 cm³/mol. The third kappa shape index (κ3) is 15.1. The molecule has 0 amide bonds. The fourth-order valence-corrected chi connectivity index (χ4v) is 11.4. The van der Waals surface area contributed by atoms with E-state index in [1.807, 2.05) is 0 Å². The van der Waals surface area contributed by atoms with Crippen molar-refractivity contribution < 1.29 is 40.8 Å². The second kappa shape index (κ2) is 14.6. The highest BCUT2D eigenvalue weighted by Crippen LogP contribution is 2.35. The lowest BCUT2D eigenvalue weighted by Crippen LogP contribution is -2.66. The zero-order chi connectivity index (χ0) is 33.4. The first-order valence-corrected chi connectivity index (χ1v) is 36.4. The third-order valence-corrected chi connectivity index (χ3v) is 11.9. The number of rotatable bonds is 14. The van der Waals surface area contributed by atoms with Gasteiger partial charge in [-0.2, -0.15) is 0 Å². The maximum Gasteiger partial charge on any atom is 0.187 e. The van der Waals surface area contributed by atoms with Gasteiger partial charge in [-0.3, -0.25) is 0 Å². The van der Waals surface area contributed by atoms with Gasteiger partial charge in [-0.05, 0) is 118 Å². The van der Waals surface area contributed by atoms with Crippen LogP contribution in [0.4, 0.5) is 0 Å². The molecule has 2 aliphatic heterocycles. The van der Waals surface area contributed by atoms with Crippen molar-refractivity contribution in [3.8, 4) is 0 Å². The molecule has 8 atom stereocenters. The van der Waals surface area contributed by atoms with Crippen molar-refractivity contribution in [2.45, 2.75) is 167 Å². The van der Waals surface area contributed by atoms with Crippen LogP contribution in [0.15, 0.2) is 0 Å². The standard InChI is InChI=1S/C28H66O9Si6/c1-38(2,3)32-22-20-29-27(25(35-41(10,11)12)24(22)34-40(7,8)9)31-21-19-30-28(37-43(16,17)18)26(36-42(13,14)15)23(21)33-39(4,5)6/h21-28H,19-20H2,1-18H3/t21?,22-,23+,24+,25-,26-,27+,28+/m1/s1. The van der Waals surface area contributed by atoms with Crippen molar-refractivity contribution in [2.75, 3.05) is 13.2 Å². The summed E-state index contributed by atoms with van der Waals surface area (Å²) in [7, 11) is -12.0. The Morgan fingerprint density at radius 1 is 0.349 bits per heavy atom. The summed E-state index contributed by atoms with van der Waals surface area (Å²) in [5.74, 6) is 0. The van der Waals surface area contributed by atoms with Gasteiger partial charge in [0.2, 0.25) is 0 Å². The molecule has 0 saturated carbocycles. The lowest BCUT2D eigenvalue weighted by atomic mass is 10.0. The van der Waals surface area contributed by atoms with Crippen molar-refractivity contribution >= 4 is 49.9 Å². The second-order valence-electron chi connectivity index (χ2n) is 17.9. The molecular weight excluding hydrogens is 649 g/mol. The van der Waals surface area contributed by atoms with Crippen molar-refractivity contribution in [3.05, 3.63) is 0 Å². The Balaban J connectivity index is 2.52. The van der Waals surface area contributed by atoms with Crippen LogP contribution in [0.25, 0.3) is 0 Å². The molecule has 0 aliphatic carbocycles. The molecule has 2 rings (SSSR count). The minimum absolute atomic E-state index is 0.228. The molecule has 15 heteroatoms. The summed E-state index contributed by atoms with van der Waals surface area (Å²) in [6.45, 7) is 40.1. The highest BCUT2D eigenvalue weighted by molar-refractivity contribution is 6.71. The summed E-state index contributed by atoms with van der Waals surface area (Å²) in [5.41, 5.74) is 0. The van der Waals surface area contributed by atoms with Crippen molar-refractivity contribution in [3.63, 3.8) is 0 Å². The van der Waals surface area contributed by atoms with Gasteiger partial charge < -0.3 is 40.8 Å². The van der Waals surface area contributed by atoms with Crippen LogP contribution in [0, 0.1) is 0 Å².